The summed E-state index contributed by atoms with van der Waals surface area (Å²) in [6, 6.07) is 23.7. The minimum atomic E-state index is -0.266. The van der Waals surface area contributed by atoms with Crippen LogP contribution in [0.15, 0.2) is 72.8 Å². The Hall–Kier alpha value is -3.59. The van der Waals surface area contributed by atoms with E-state index in [2.05, 4.69) is 18.3 Å². The summed E-state index contributed by atoms with van der Waals surface area (Å²) in [5.74, 6) is 0.355. The lowest BCUT2D eigenvalue weighted by Crippen LogP contribution is -2.43. The van der Waals surface area contributed by atoms with Crippen LogP contribution in [0.2, 0.25) is 5.02 Å². The van der Waals surface area contributed by atoms with Gasteiger partial charge in [0.25, 0.3) is 0 Å². The lowest BCUT2D eigenvalue weighted by atomic mass is 9.99. The molecule has 0 saturated heterocycles. The number of anilines is 1. The zero-order valence-corrected chi connectivity index (χ0v) is 24.3. The van der Waals surface area contributed by atoms with Crippen molar-refractivity contribution in [2.45, 2.75) is 19.1 Å². The summed E-state index contributed by atoms with van der Waals surface area (Å²) in [6.07, 6.45) is 0. The molecule has 5 rings (SSSR count). The lowest BCUT2D eigenvalue weighted by Gasteiger charge is -2.24. The van der Waals surface area contributed by atoms with Crippen LogP contribution in [0.3, 0.4) is 0 Å². The molecule has 1 aromatic heterocycles. The quantitative estimate of drug-likeness (QED) is 0.272. The standard InChI is InChI=1S/C31H31ClN4O3S/c1-20-9-7-14-25(21(20)2)36-31-28(29(34-36)22-10-5-4-6-11-22)30(23-12-8-13-24(32)17-23)40-19-27(38)35(31)18-26(37)33-15-16-39-3/h4-14,17,30H,15-16,18-19H2,1-3H3,(H,33,37)/t30-/m0/s1. The summed E-state index contributed by atoms with van der Waals surface area (Å²) in [4.78, 5) is 28.5. The molecule has 1 aliphatic rings. The summed E-state index contributed by atoms with van der Waals surface area (Å²) in [5, 5.41) is 8.40. The van der Waals surface area contributed by atoms with Crippen LogP contribution >= 0.6 is 23.4 Å². The molecule has 0 unspecified atom stereocenters. The van der Waals surface area contributed by atoms with Crippen molar-refractivity contribution in [3.63, 3.8) is 0 Å². The second kappa shape index (κ2) is 12.3. The number of nitrogens with one attached hydrogen (secondary N) is 1. The number of nitrogens with zero attached hydrogens (tertiary/aromatic N) is 3. The van der Waals surface area contributed by atoms with Gasteiger partial charge < -0.3 is 10.1 Å². The summed E-state index contributed by atoms with van der Waals surface area (Å²) < 4.78 is 6.92. The molecule has 9 heteroatoms. The van der Waals surface area contributed by atoms with E-state index in [4.69, 9.17) is 21.4 Å². The van der Waals surface area contributed by atoms with E-state index in [0.717, 1.165) is 39.2 Å². The van der Waals surface area contributed by atoms with Gasteiger partial charge in [0.15, 0.2) is 0 Å². The molecule has 0 spiro atoms. The molecule has 1 aliphatic heterocycles. The van der Waals surface area contributed by atoms with E-state index >= 15 is 0 Å². The number of carbonyl (C=O) groups is 2. The van der Waals surface area contributed by atoms with Crippen LogP contribution in [0.1, 0.15) is 27.5 Å². The normalized spacial score (nSPS) is 15.1. The van der Waals surface area contributed by atoms with Crippen LogP contribution < -0.4 is 10.2 Å². The van der Waals surface area contributed by atoms with Crippen LogP contribution in [-0.4, -0.2) is 54.2 Å². The molecule has 0 radical (unpaired) electrons. The van der Waals surface area contributed by atoms with Gasteiger partial charge in [-0.1, -0.05) is 66.2 Å². The number of halogens is 1. The number of carbonyl (C=O) groups excluding carboxylic acids is 2. The van der Waals surface area contributed by atoms with Crippen molar-refractivity contribution in [3.05, 3.63) is 100 Å². The summed E-state index contributed by atoms with van der Waals surface area (Å²) in [7, 11) is 1.58. The van der Waals surface area contributed by atoms with Crippen molar-refractivity contribution in [1.29, 1.82) is 0 Å². The minimum absolute atomic E-state index is 0.136. The average molecular weight is 575 g/mol. The smallest absolute Gasteiger partial charge is 0.240 e. The van der Waals surface area contributed by atoms with Gasteiger partial charge in [-0.2, -0.15) is 5.10 Å². The first-order chi connectivity index (χ1) is 19.4. The van der Waals surface area contributed by atoms with Gasteiger partial charge in [-0.15, -0.1) is 11.8 Å². The molecule has 1 N–H and O–H groups in total. The number of benzene rings is 3. The van der Waals surface area contributed by atoms with Crippen LogP contribution in [0.4, 0.5) is 5.82 Å². The Morgan fingerprint density at radius 2 is 1.88 bits per heavy atom. The third kappa shape index (κ3) is 5.66. The number of thioether (sulfide) groups is 1. The van der Waals surface area contributed by atoms with Crippen molar-refractivity contribution in [2.75, 3.05) is 37.5 Å². The third-order valence-electron chi connectivity index (χ3n) is 7.02. The summed E-state index contributed by atoms with van der Waals surface area (Å²) >= 11 is 7.96. The maximum absolute atomic E-state index is 13.8. The van der Waals surface area contributed by atoms with E-state index < -0.39 is 0 Å². The van der Waals surface area contributed by atoms with Gasteiger partial charge in [0, 0.05) is 29.8 Å². The van der Waals surface area contributed by atoms with Crippen molar-refractivity contribution in [3.8, 4) is 16.9 Å². The number of methoxy groups -OCH3 is 1. The van der Waals surface area contributed by atoms with Gasteiger partial charge in [-0.05, 0) is 48.7 Å². The highest BCUT2D eigenvalue weighted by Gasteiger charge is 2.38. The topological polar surface area (TPSA) is 76.5 Å². The first-order valence-corrected chi connectivity index (χ1v) is 14.5. The Morgan fingerprint density at radius 1 is 1.10 bits per heavy atom. The molecule has 0 bridgehead atoms. The Balaban J connectivity index is 1.78. The van der Waals surface area contributed by atoms with Gasteiger partial charge in [0.1, 0.15) is 12.4 Å². The van der Waals surface area contributed by atoms with Crippen molar-refractivity contribution in [2.24, 2.45) is 0 Å². The SMILES string of the molecule is COCCNC(=O)CN1C(=O)CS[C@@H](c2cccc(Cl)c2)c2c(-c3ccccc3)nn(-c3cccc(C)c3C)c21. The molecule has 0 saturated carbocycles. The number of rotatable bonds is 8. The van der Waals surface area contributed by atoms with E-state index in [1.807, 2.05) is 78.3 Å². The van der Waals surface area contributed by atoms with Gasteiger partial charge >= 0.3 is 0 Å². The predicted molar refractivity (Wildman–Crippen MR) is 161 cm³/mol. The van der Waals surface area contributed by atoms with E-state index in [1.165, 1.54) is 11.8 Å². The largest absolute Gasteiger partial charge is 0.383 e. The van der Waals surface area contributed by atoms with Crippen molar-refractivity contribution < 1.29 is 14.3 Å². The van der Waals surface area contributed by atoms with E-state index in [-0.39, 0.29) is 29.4 Å². The van der Waals surface area contributed by atoms with Gasteiger partial charge in [0.05, 0.1) is 29.0 Å². The molecule has 0 fully saturated rings. The molecule has 40 heavy (non-hydrogen) atoms. The molecular weight excluding hydrogens is 544 g/mol. The lowest BCUT2D eigenvalue weighted by molar-refractivity contribution is -0.123. The number of hydrogen-bond donors (Lipinski definition) is 1. The number of ether oxygens (including phenoxy) is 1. The summed E-state index contributed by atoms with van der Waals surface area (Å²) in [6.45, 7) is 4.70. The fourth-order valence-electron chi connectivity index (χ4n) is 4.89. The zero-order chi connectivity index (χ0) is 28.2. The number of amides is 2. The molecule has 3 aromatic carbocycles. The van der Waals surface area contributed by atoms with Crippen LogP contribution in [0.5, 0.6) is 0 Å². The fraction of sp³-hybridized carbons (Fsp3) is 0.258. The number of fused-ring (bicyclic) bond motifs is 1. The van der Waals surface area contributed by atoms with E-state index in [1.54, 1.807) is 12.0 Å². The average Bonchev–Trinajstić information content (AvgIpc) is 3.27. The highest BCUT2D eigenvalue weighted by Crippen LogP contribution is 2.49. The van der Waals surface area contributed by atoms with Crippen LogP contribution in [0, 0.1) is 13.8 Å². The molecular formula is C31H31ClN4O3S. The van der Waals surface area contributed by atoms with Crippen LogP contribution in [0.25, 0.3) is 16.9 Å². The second-order valence-corrected chi connectivity index (χ2v) is 11.2. The number of aromatic nitrogens is 2. The second-order valence-electron chi connectivity index (χ2n) is 9.65. The maximum Gasteiger partial charge on any atom is 0.240 e. The van der Waals surface area contributed by atoms with Crippen molar-refractivity contribution >= 4 is 41.0 Å². The Kier molecular flexibility index (Phi) is 8.59. The third-order valence-corrected chi connectivity index (χ3v) is 8.51. The predicted octanol–water partition coefficient (Wildman–Crippen LogP) is 5.74. The molecule has 0 aliphatic carbocycles. The first-order valence-electron chi connectivity index (χ1n) is 13.1. The molecule has 2 amide bonds. The van der Waals surface area contributed by atoms with Gasteiger partial charge in [0.2, 0.25) is 11.8 Å². The van der Waals surface area contributed by atoms with Gasteiger partial charge in [-0.3, -0.25) is 14.5 Å². The Bertz CT molecular complexity index is 1540. The fourth-order valence-corrected chi connectivity index (χ4v) is 6.27. The van der Waals surface area contributed by atoms with Gasteiger partial charge in [-0.25, -0.2) is 4.68 Å². The van der Waals surface area contributed by atoms with Crippen molar-refractivity contribution in [1.82, 2.24) is 15.1 Å². The zero-order valence-electron chi connectivity index (χ0n) is 22.7. The van der Waals surface area contributed by atoms with Crippen LogP contribution in [-0.2, 0) is 14.3 Å². The molecule has 7 nitrogen and oxygen atoms in total. The highest BCUT2D eigenvalue weighted by atomic mass is 35.5. The highest BCUT2D eigenvalue weighted by molar-refractivity contribution is 8.00. The first kappa shape index (κ1) is 28.0. The van der Waals surface area contributed by atoms with E-state index in [9.17, 15) is 9.59 Å². The maximum atomic E-state index is 13.8. The number of aryl methyl sites for hydroxylation is 1. The van der Waals surface area contributed by atoms with E-state index in [0.29, 0.717) is 24.0 Å². The minimum Gasteiger partial charge on any atom is -0.383 e. The molecule has 206 valence electrons. The molecule has 4 aromatic rings. The number of hydrogen-bond acceptors (Lipinski definition) is 5. The molecule has 1 atom stereocenters. The molecule has 2 heterocycles. The monoisotopic (exact) mass is 574 g/mol. The Morgan fingerprint density at radius 3 is 2.62 bits per heavy atom. The summed E-state index contributed by atoms with van der Waals surface area (Å²) in [5.41, 5.74) is 6.52. The Labute approximate surface area is 243 Å².